The van der Waals surface area contributed by atoms with Crippen LogP contribution in [0, 0.1) is 0 Å². The first-order chi connectivity index (χ1) is 26.3. The highest BCUT2D eigenvalue weighted by atomic mass is 32.1. The van der Waals surface area contributed by atoms with E-state index in [1.165, 1.54) is 73.8 Å². The molecule has 8 aromatic carbocycles. The molecule has 0 saturated heterocycles. The van der Waals surface area contributed by atoms with Crippen LogP contribution in [-0.4, -0.2) is 0 Å². The topological polar surface area (TPSA) is 3.24 Å². The number of benzene rings is 8. The summed E-state index contributed by atoms with van der Waals surface area (Å²) in [4.78, 5) is 2.40. The lowest BCUT2D eigenvalue weighted by Gasteiger charge is -2.25. The Bertz CT molecular complexity index is 2810. The zero-order valence-electron chi connectivity index (χ0n) is 29.0. The molecule has 1 atom stereocenters. The van der Waals surface area contributed by atoms with Crippen LogP contribution in [0.5, 0.6) is 0 Å². The third-order valence-electron chi connectivity index (χ3n) is 10.5. The van der Waals surface area contributed by atoms with E-state index in [9.17, 15) is 0 Å². The molecule has 10 rings (SSSR count). The normalized spacial score (nSPS) is 12.2. The maximum absolute atomic E-state index is 2.47. The predicted octanol–water partition coefficient (Wildman–Crippen LogP) is 14.9. The lowest BCUT2D eigenvalue weighted by atomic mass is 9.84. The monoisotopic (exact) mass is 713 g/mol. The fraction of sp³-hybridized carbons (Fsp3) is 0.0400. The fourth-order valence-corrected chi connectivity index (χ4v) is 10.4. The number of thiophene rings is 2. The molecule has 0 amide bonds. The van der Waals surface area contributed by atoms with E-state index in [1.54, 1.807) is 0 Å². The molecule has 0 N–H and O–H groups in total. The van der Waals surface area contributed by atoms with E-state index in [-0.39, 0.29) is 5.92 Å². The van der Waals surface area contributed by atoms with E-state index in [0.717, 1.165) is 17.8 Å². The van der Waals surface area contributed by atoms with E-state index in [1.807, 2.05) is 22.7 Å². The minimum Gasteiger partial charge on any atom is -0.309 e. The number of fused-ring (bicyclic) bond motifs is 6. The molecule has 252 valence electrons. The molecular formula is C50H35NS2. The van der Waals surface area contributed by atoms with Crippen LogP contribution in [0.1, 0.15) is 22.6 Å². The summed E-state index contributed by atoms with van der Waals surface area (Å²) in [6.07, 6.45) is 0.906. The van der Waals surface area contributed by atoms with Crippen LogP contribution in [0.25, 0.3) is 51.5 Å². The van der Waals surface area contributed by atoms with Gasteiger partial charge in [-0.05, 0) is 82.8 Å². The lowest BCUT2D eigenvalue weighted by Crippen LogP contribution is -2.09. The van der Waals surface area contributed by atoms with E-state index >= 15 is 0 Å². The van der Waals surface area contributed by atoms with Gasteiger partial charge in [0.2, 0.25) is 0 Å². The van der Waals surface area contributed by atoms with Crippen molar-refractivity contribution >= 4 is 80.1 Å². The predicted molar refractivity (Wildman–Crippen MR) is 231 cm³/mol. The summed E-state index contributed by atoms with van der Waals surface area (Å²) in [5.41, 5.74) is 10.1. The van der Waals surface area contributed by atoms with Crippen molar-refractivity contribution < 1.29 is 0 Å². The Morgan fingerprint density at radius 3 is 1.74 bits per heavy atom. The van der Waals surface area contributed by atoms with E-state index < -0.39 is 0 Å². The standard InChI is InChI=1S/C50H35NS2/c1-4-14-35(15-5-1)36-28-26-34(27-29-36)32-44(37-30-31-48-45(33-37)40-20-10-11-25-47(40)52-48)43-22-12-21-41-42-23-13-24-46(50(42)53-49(41)43)51(38-16-6-2-7-17-38)39-18-8-3-9-19-39/h1-31,33,44H,32H2. The number of rotatable bonds is 8. The van der Waals surface area contributed by atoms with Gasteiger partial charge in [-0.3, -0.25) is 0 Å². The van der Waals surface area contributed by atoms with Crippen molar-refractivity contribution in [2.24, 2.45) is 0 Å². The Morgan fingerprint density at radius 1 is 0.415 bits per heavy atom. The second-order valence-electron chi connectivity index (χ2n) is 13.7. The molecule has 0 fully saturated rings. The van der Waals surface area contributed by atoms with Gasteiger partial charge in [0, 0.05) is 52.9 Å². The summed E-state index contributed by atoms with van der Waals surface area (Å²) in [6, 6.07) is 71.2. The smallest absolute Gasteiger partial charge is 0.0640 e. The van der Waals surface area contributed by atoms with Gasteiger partial charge in [-0.1, -0.05) is 146 Å². The first-order valence-corrected chi connectivity index (χ1v) is 19.8. The second-order valence-corrected chi connectivity index (χ2v) is 15.8. The Kier molecular flexibility index (Phi) is 8.09. The van der Waals surface area contributed by atoms with Gasteiger partial charge in [-0.25, -0.2) is 0 Å². The average molecular weight is 714 g/mol. The van der Waals surface area contributed by atoms with Gasteiger partial charge in [0.25, 0.3) is 0 Å². The molecule has 1 nitrogen and oxygen atoms in total. The number of nitrogens with zero attached hydrogens (tertiary/aromatic N) is 1. The number of hydrogen-bond acceptors (Lipinski definition) is 3. The van der Waals surface area contributed by atoms with Gasteiger partial charge in [0.05, 0.1) is 10.4 Å². The molecule has 0 spiro atoms. The summed E-state index contributed by atoms with van der Waals surface area (Å²) in [5, 5.41) is 5.30. The van der Waals surface area contributed by atoms with Crippen LogP contribution in [-0.2, 0) is 6.42 Å². The van der Waals surface area contributed by atoms with Gasteiger partial charge in [0.15, 0.2) is 0 Å². The summed E-state index contributed by atoms with van der Waals surface area (Å²) >= 11 is 3.82. The van der Waals surface area contributed by atoms with E-state index in [2.05, 4.69) is 199 Å². The minimum atomic E-state index is 0.167. The second kappa shape index (κ2) is 13.5. The SMILES string of the molecule is c1ccc(-c2ccc(CC(c3ccc4sc5ccccc5c4c3)c3cccc4c3sc3c(N(c5ccccc5)c5ccccc5)cccc34)cc2)cc1. The molecule has 0 bridgehead atoms. The largest absolute Gasteiger partial charge is 0.309 e. The Hall–Kier alpha value is -6.00. The lowest BCUT2D eigenvalue weighted by molar-refractivity contribution is 0.815. The van der Waals surface area contributed by atoms with Crippen LogP contribution in [0.3, 0.4) is 0 Å². The molecule has 0 aliphatic carbocycles. The highest BCUT2D eigenvalue weighted by Crippen LogP contribution is 2.48. The number of para-hydroxylation sites is 2. The first-order valence-electron chi connectivity index (χ1n) is 18.2. The van der Waals surface area contributed by atoms with Crippen LogP contribution < -0.4 is 4.90 Å². The summed E-state index contributed by atoms with van der Waals surface area (Å²) in [6.45, 7) is 0. The fourth-order valence-electron chi connectivity index (χ4n) is 7.93. The molecule has 2 aromatic heterocycles. The molecule has 1 unspecified atom stereocenters. The molecule has 2 heterocycles. The van der Waals surface area contributed by atoms with Crippen molar-refractivity contribution in [3.63, 3.8) is 0 Å². The van der Waals surface area contributed by atoms with Crippen molar-refractivity contribution in [1.82, 2.24) is 0 Å². The van der Waals surface area contributed by atoms with E-state index in [0.29, 0.717) is 0 Å². The zero-order chi connectivity index (χ0) is 35.1. The van der Waals surface area contributed by atoms with Crippen molar-refractivity contribution in [2.75, 3.05) is 4.90 Å². The quantitative estimate of drug-likeness (QED) is 0.152. The Balaban J connectivity index is 1.15. The van der Waals surface area contributed by atoms with Crippen molar-refractivity contribution in [2.45, 2.75) is 12.3 Å². The molecular weight excluding hydrogens is 679 g/mol. The molecule has 53 heavy (non-hydrogen) atoms. The van der Waals surface area contributed by atoms with Crippen LogP contribution in [0.2, 0.25) is 0 Å². The molecule has 0 aliphatic heterocycles. The van der Waals surface area contributed by atoms with Gasteiger partial charge >= 0.3 is 0 Å². The molecule has 3 heteroatoms. The average Bonchev–Trinajstić information content (AvgIpc) is 3.80. The highest BCUT2D eigenvalue weighted by molar-refractivity contribution is 7.26. The first kappa shape index (κ1) is 31.7. The Labute approximate surface area is 317 Å². The van der Waals surface area contributed by atoms with Gasteiger partial charge in [-0.15, -0.1) is 22.7 Å². The van der Waals surface area contributed by atoms with Crippen molar-refractivity contribution in [3.8, 4) is 11.1 Å². The van der Waals surface area contributed by atoms with Crippen LogP contribution >= 0.6 is 22.7 Å². The number of anilines is 3. The molecule has 0 saturated carbocycles. The summed E-state index contributed by atoms with van der Waals surface area (Å²) in [7, 11) is 0. The number of hydrogen-bond donors (Lipinski definition) is 0. The molecule has 10 aromatic rings. The summed E-state index contributed by atoms with van der Waals surface area (Å²) < 4.78 is 5.34. The van der Waals surface area contributed by atoms with Gasteiger partial charge in [-0.2, -0.15) is 0 Å². The third-order valence-corrected chi connectivity index (χ3v) is 12.9. The molecule has 0 aliphatic rings. The zero-order valence-corrected chi connectivity index (χ0v) is 30.7. The van der Waals surface area contributed by atoms with Crippen molar-refractivity contribution in [1.29, 1.82) is 0 Å². The molecule has 0 radical (unpaired) electrons. The maximum atomic E-state index is 2.47. The summed E-state index contributed by atoms with van der Waals surface area (Å²) in [5.74, 6) is 0.167. The maximum Gasteiger partial charge on any atom is 0.0640 e. The Morgan fingerprint density at radius 2 is 1.00 bits per heavy atom. The highest BCUT2D eigenvalue weighted by Gasteiger charge is 2.23. The minimum absolute atomic E-state index is 0.167. The third kappa shape index (κ3) is 5.79. The van der Waals surface area contributed by atoms with Gasteiger partial charge < -0.3 is 4.90 Å². The van der Waals surface area contributed by atoms with Crippen molar-refractivity contribution in [3.05, 3.63) is 211 Å². The van der Waals surface area contributed by atoms with Gasteiger partial charge in [0.1, 0.15) is 0 Å². The van der Waals surface area contributed by atoms with E-state index in [4.69, 9.17) is 0 Å². The van der Waals surface area contributed by atoms with Crippen LogP contribution in [0.4, 0.5) is 17.1 Å². The van der Waals surface area contributed by atoms with Crippen LogP contribution in [0.15, 0.2) is 194 Å².